The summed E-state index contributed by atoms with van der Waals surface area (Å²) in [6, 6.07) is 8.36. The molecule has 0 bridgehead atoms. The average molecular weight is 277 g/mol. The zero-order valence-corrected chi connectivity index (χ0v) is 13.3. The van der Waals surface area contributed by atoms with E-state index in [1.165, 1.54) is 50.8 Å². The van der Waals surface area contributed by atoms with Crippen LogP contribution in [0.4, 0.5) is 0 Å². The smallest absolute Gasteiger partial charge is 0.122 e. The molecule has 0 saturated carbocycles. The normalized spacial score (nSPS) is 10.7. The predicted octanol–water partition coefficient (Wildman–Crippen LogP) is 4.58. The van der Waals surface area contributed by atoms with Crippen molar-refractivity contribution >= 4 is 0 Å². The standard InChI is InChI=1S/C18H31NO/c1-3-5-14-19-15-10-6-7-11-16-20-18-13-9-8-12-17(18)4-2/h8-9,12-13,19H,3-7,10-11,14-16H2,1-2H3. The molecule has 1 aromatic carbocycles. The van der Waals surface area contributed by atoms with E-state index in [2.05, 4.69) is 43.4 Å². The van der Waals surface area contributed by atoms with Gasteiger partial charge >= 0.3 is 0 Å². The van der Waals surface area contributed by atoms with Crippen LogP contribution in [0.15, 0.2) is 24.3 Å². The van der Waals surface area contributed by atoms with Crippen molar-refractivity contribution in [2.45, 2.75) is 58.8 Å². The second-order valence-electron chi connectivity index (χ2n) is 5.33. The van der Waals surface area contributed by atoms with Gasteiger partial charge in [-0.25, -0.2) is 0 Å². The van der Waals surface area contributed by atoms with Crippen molar-refractivity contribution in [3.05, 3.63) is 29.8 Å². The van der Waals surface area contributed by atoms with Crippen LogP contribution in [0, 0.1) is 0 Å². The Kier molecular flexibility index (Phi) is 10.0. The molecule has 0 aliphatic heterocycles. The maximum absolute atomic E-state index is 5.87. The summed E-state index contributed by atoms with van der Waals surface area (Å²) >= 11 is 0. The zero-order valence-electron chi connectivity index (χ0n) is 13.3. The van der Waals surface area contributed by atoms with E-state index in [1.807, 2.05) is 0 Å². The van der Waals surface area contributed by atoms with Crippen molar-refractivity contribution in [1.29, 1.82) is 0 Å². The van der Waals surface area contributed by atoms with E-state index in [4.69, 9.17) is 4.74 Å². The predicted molar refractivity (Wildman–Crippen MR) is 87.6 cm³/mol. The summed E-state index contributed by atoms with van der Waals surface area (Å²) in [7, 11) is 0. The minimum Gasteiger partial charge on any atom is -0.493 e. The summed E-state index contributed by atoms with van der Waals surface area (Å²) < 4.78 is 5.87. The summed E-state index contributed by atoms with van der Waals surface area (Å²) in [5.41, 5.74) is 1.31. The van der Waals surface area contributed by atoms with Crippen LogP contribution in [0.5, 0.6) is 5.75 Å². The molecule has 2 nitrogen and oxygen atoms in total. The fraction of sp³-hybridized carbons (Fsp3) is 0.667. The summed E-state index contributed by atoms with van der Waals surface area (Å²) in [5, 5.41) is 3.49. The third-order valence-corrected chi connectivity index (χ3v) is 3.57. The lowest BCUT2D eigenvalue weighted by Gasteiger charge is -2.10. The first kappa shape index (κ1) is 17.0. The lowest BCUT2D eigenvalue weighted by Crippen LogP contribution is -2.16. The number of unbranched alkanes of at least 4 members (excludes halogenated alkanes) is 4. The Hall–Kier alpha value is -1.02. The molecule has 0 aliphatic carbocycles. The Balaban J connectivity index is 1.97. The molecule has 1 N–H and O–H groups in total. The molecule has 0 unspecified atom stereocenters. The summed E-state index contributed by atoms with van der Waals surface area (Å²) in [6.07, 6.45) is 8.64. The highest BCUT2D eigenvalue weighted by molar-refractivity contribution is 5.33. The summed E-state index contributed by atoms with van der Waals surface area (Å²) in [5.74, 6) is 1.07. The SMILES string of the molecule is CCCCNCCCCCCOc1ccccc1CC. The van der Waals surface area contributed by atoms with E-state index in [9.17, 15) is 0 Å². The van der Waals surface area contributed by atoms with Gasteiger partial charge in [0, 0.05) is 0 Å². The van der Waals surface area contributed by atoms with Gasteiger partial charge in [0.15, 0.2) is 0 Å². The lowest BCUT2D eigenvalue weighted by atomic mass is 10.1. The highest BCUT2D eigenvalue weighted by Crippen LogP contribution is 2.18. The first-order valence-corrected chi connectivity index (χ1v) is 8.30. The van der Waals surface area contributed by atoms with Crippen LogP contribution in [0.2, 0.25) is 0 Å². The number of ether oxygens (including phenoxy) is 1. The van der Waals surface area contributed by atoms with Crippen LogP contribution in [-0.2, 0) is 6.42 Å². The Morgan fingerprint density at radius 2 is 1.65 bits per heavy atom. The second kappa shape index (κ2) is 11.8. The Morgan fingerprint density at radius 3 is 2.45 bits per heavy atom. The molecule has 0 aliphatic rings. The second-order valence-corrected chi connectivity index (χ2v) is 5.33. The van der Waals surface area contributed by atoms with Crippen molar-refractivity contribution in [1.82, 2.24) is 5.32 Å². The van der Waals surface area contributed by atoms with Crippen molar-refractivity contribution in [3.63, 3.8) is 0 Å². The maximum atomic E-state index is 5.87. The van der Waals surface area contributed by atoms with Gasteiger partial charge in [0.2, 0.25) is 0 Å². The number of benzene rings is 1. The third kappa shape index (κ3) is 7.54. The van der Waals surface area contributed by atoms with Gasteiger partial charge in [-0.3, -0.25) is 0 Å². The summed E-state index contributed by atoms with van der Waals surface area (Å²) in [6.45, 7) is 7.60. The molecule has 20 heavy (non-hydrogen) atoms. The number of nitrogens with one attached hydrogen (secondary N) is 1. The molecular weight excluding hydrogens is 246 g/mol. The van der Waals surface area contributed by atoms with E-state index < -0.39 is 0 Å². The van der Waals surface area contributed by atoms with E-state index in [1.54, 1.807) is 0 Å². The van der Waals surface area contributed by atoms with Gasteiger partial charge < -0.3 is 10.1 Å². The van der Waals surface area contributed by atoms with Crippen LogP contribution in [-0.4, -0.2) is 19.7 Å². The van der Waals surface area contributed by atoms with Crippen molar-refractivity contribution in [2.75, 3.05) is 19.7 Å². The molecule has 1 aromatic rings. The molecule has 0 heterocycles. The maximum Gasteiger partial charge on any atom is 0.122 e. The monoisotopic (exact) mass is 277 g/mol. The van der Waals surface area contributed by atoms with Gasteiger partial charge in [0.05, 0.1) is 6.61 Å². The number of para-hydroxylation sites is 1. The van der Waals surface area contributed by atoms with Crippen LogP contribution in [0.25, 0.3) is 0 Å². The van der Waals surface area contributed by atoms with Gasteiger partial charge in [-0.2, -0.15) is 0 Å². The Labute approximate surface area is 124 Å². The number of rotatable bonds is 12. The largest absolute Gasteiger partial charge is 0.493 e. The number of aryl methyl sites for hydroxylation is 1. The van der Waals surface area contributed by atoms with Crippen molar-refractivity contribution in [3.8, 4) is 5.75 Å². The number of hydrogen-bond donors (Lipinski definition) is 1. The quantitative estimate of drug-likeness (QED) is 0.565. The average Bonchev–Trinajstić information content (AvgIpc) is 2.49. The molecule has 114 valence electrons. The minimum absolute atomic E-state index is 0.847. The first-order chi connectivity index (χ1) is 9.88. The van der Waals surface area contributed by atoms with E-state index >= 15 is 0 Å². The first-order valence-electron chi connectivity index (χ1n) is 8.30. The molecule has 0 aromatic heterocycles. The Morgan fingerprint density at radius 1 is 0.900 bits per heavy atom. The zero-order chi connectivity index (χ0) is 14.5. The fourth-order valence-electron chi connectivity index (χ4n) is 2.25. The van der Waals surface area contributed by atoms with Gasteiger partial charge in [-0.15, -0.1) is 0 Å². The van der Waals surface area contributed by atoms with Gasteiger partial charge in [0.1, 0.15) is 5.75 Å². The summed E-state index contributed by atoms with van der Waals surface area (Å²) in [4.78, 5) is 0. The molecule has 0 fully saturated rings. The third-order valence-electron chi connectivity index (χ3n) is 3.57. The van der Waals surface area contributed by atoms with E-state index in [-0.39, 0.29) is 0 Å². The molecule has 1 rings (SSSR count). The van der Waals surface area contributed by atoms with Gasteiger partial charge in [-0.1, -0.05) is 51.3 Å². The van der Waals surface area contributed by atoms with Crippen LogP contribution in [0.3, 0.4) is 0 Å². The molecule has 2 heteroatoms. The molecule has 0 radical (unpaired) electrons. The molecular formula is C18H31NO. The molecule has 0 saturated heterocycles. The van der Waals surface area contributed by atoms with E-state index in [0.29, 0.717) is 0 Å². The molecule has 0 atom stereocenters. The van der Waals surface area contributed by atoms with Gasteiger partial charge in [-0.05, 0) is 50.4 Å². The lowest BCUT2D eigenvalue weighted by molar-refractivity contribution is 0.302. The fourth-order valence-corrected chi connectivity index (χ4v) is 2.25. The molecule has 0 amide bonds. The van der Waals surface area contributed by atoms with E-state index in [0.717, 1.165) is 25.2 Å². The van der Waals surface area contributed by atoms with Gasteiger partial charge in [0.25, 0.3) is 0 Å². The van der Waals surface area contributed by atoms with Crippen molar-refractivity contribution < 1.29 is 4.74 Å². The van der Waals surface area contributed by atoms with Crippen molar-refractivity contribution in [2.24, 2.45) is 0 Å². The molecule has 0 spiro atoms. The Bertz CT molecular complexity index is 338. The highest BCUT2D eigenvalue weighted by Gasteiger charge is 1.99. The minimum atomic E-state index is 0.847. The number of hydrogen-bond acceptors (Lipinski definition) is 2. The highest BCUT2D eigenvalue weighted by atomic mass is 16.5. The van der Waals surface area contributed by atoms with Crippen LogP contribution in [0.1, 0.15) is 57.9 Å². The van der Waals surface area contributed by atoms with Crippen LogP contribution >= 0.6 is 0 Å². The van der Waals surface area contributed by atoms with Crippen LogP contribution < -0.4 is 10.1 Å². The topological polar surface area (TPSA) is 21.3 Å².